The van der Waals surface area contributed by atoms with Gasteiger partial charge in [-0.15, -0.1) is 0 Å². The third kappa shape index (κ3) is 4.49. The lowest BCUT2D eigenvalue weighted by molar-refractivity contribution is 0.293. The van der Waals surface area contributed by atoms with Gasteiger partial charge in [0.05, 0.1) is 13.3 Å². The van der Waals surface area contributed by atoms with Crippen molar-refractivity contribution >= 4 is 17.5 Å². The minimum atomic E-state index is 0.362. The zero-order chi connectivity index (χ0) is 15.1. The molecule has 0 bridgehead atoms. The molecule has 0 amide bonds. The molecule has 0 saturated heterocycles. The van der Waals surface area contributed by atoms with Crippen LogP contribution < -0.4 is 14.8 Å². The summed E-state index contributed by atoms with van der Waals surface area (Å²) in [7, 11) is 1.63. The van der Waals surface area contributed by atoms with Crippen LogP contribution in [-0.2, 0) is 6.61 Å². The van der Waals surface area contributed by atoms with Crippen LogP contribution in [0.3, 0.4) is 0 Å². The fraction of sp³-hybridized carbons (Fsp3) is 0.333. The van der Waals surface area contributed by atoms with Crippen LogP contribution in [0.1, 0.15) is 18.9 Å². The molecule has 0 saturated carbocycles. The SMILES string of the molecule is CCCNc1ncc(Cl)c(OCc2cccc(OC)c2)n1. The number of ether oxygens (including phenoxy) is 2. The summed E-state index contributed by atoms with van der Waals surface area (Å²) in [6, 6.07) is 7.65. The topological polar surface area (TPSA) is 56.3 Å². The van der Waals surface area contributed by atoms with Crippen LogP contribution in [0, 0.1) is 0 Å². The first kappa shape index (κ1) is 15.4. The number of benzene rings is 1. The molecule has 0 fully saturated rings. The number of hydrogen-bond donors (Lipinski definition) is 1. The molecule has 21 heavy (non-hydrogen) atoms. The van der Waals surface area contributed by atoms with Gasteiger partial charge >= 0.3 is 0 Å². The van der Waals surface area contributed by atoms with E-state index in [1.165, 1.54) is 6.20 Å². The first-order chi connectivity index (χ1) is 10.2. The minimum absolute atomic E-state index is 0.362. The minimum Gasteiger partial charge on any atom is -0.497 e. The van der Waals surface area contributed by atoms with E-state index in [1.807, 2.05) is 24.3 Å². The largest absolute Gasteiger partial charge is 0.497 e. The van der Waals surface area contributed by atoms with Crippen molar-refractivity contribution in [3.63, 3.8) is 0 Å². The van der Waals surface area contributed by atoms with Crippen LogP contribution in [0.4, 0.5) is 5.95 Å². The van der Waals surface area contributed by atoms with E-state index in [0.29, 0.717) is 23.5 Å². The second-order valence-corrected chi connectivity index (χ2v) is 4.82. The smallest absolute Gasteiger partial charge is 0.237 e. The van der Waals surface area contributed by atoms with Crippen molar-refractivity contribution in [3.05, 3.63) is 41.0 Å². The molecule has 2 aromatic rings. The molecule has 0 spiro atoms. The van der Waals surface area contributed by atoms with Gasteiger partial charge in [0.1, 0.15) is 17.4 Å². The molecular weight excluding hydrogens is 290 g/mol. The average molecular weight is 308 g/mol. The fourth-order valence-corrected chi connectivity index (χ4v) is 1.83. The molecule has 0 atom stereocenters. The van der Waals surface area contributed by atoms with Crippen LogP contribution in [-0.4, -0.2) is 23.6 Å². The van der Waals surface area contributed by atoms with Gasteiger partial charge in [0.2, 0.25) is 11.8 Å². The zero-order valence-corrected chi connectivity index (χ0v) is 12.9. The molecule has 112 valence electrons. The molecule has 0 aliphatic carbocycles. The summed E-state index contributed by atoms with van der Waals surface area (Å²) in [5.41, 5.74) is 0.979. The summed E-state index contributed by atoms with van der Waals surface area (Å²) in [4.78, 5) is 8.36. The number of hydrogen-bond acceptors (Lipinski definition) is 5. The number of rotatable bonds is 7. The van der Waals surface area contributed by atoms with Crippen molar-refractivity contribution in [3.8, 4) is 11.6 Å². The maximum absolute atomic E-state index is 6.05. The van der Waals surface area contributed by atoms with Gasteiger partial charge in [-0.25, -0.2) is 4.98 Å². The van der Waals surface area contributed by atoms with E-state index in [-0.39, 0.29) is 0 Å². The van der Waals surface area contributed by atoms with E-state index >= 15 is 0 Å². The van der Waals surface area contributed by atoms with Crippen LogP contribution in [0.25, 0.3) is 0 Å². The highest BCUT2D eigenvalue weighted by molar-refractivity contribution is 6.31. The normalized spacial score (nSPS) is 10.2. The van der Waals surface area contributed by atoms with E-state index in [0.717, 1.165) is 24.3 Å². The first-order valence-corrected chi connectivity index (χ1v) is 7.13. The lowest BCUT2D eigenvalue weighted by atomic mass is 10.2. The molecule has 0 aliphatic rings. The number of nitrogens with zero attached hydrogens (tertiary/aromatic N) is 2. The van der Waals surface area contributed by atoms with E-state index in [9.17, 15) is 0 Å². The molecule has 0 aliphatic heterocycles. The van der Waals surface area contributed by atoms with Gasteiger partial charge in [-0.05, 0) is 24.1 Å². The van der Waals surface area contributed by atoms with Crippen molar-refractivity contribution in [2.45, 2.75) is 20.0 Å². The maximum Gasteiger partial charge on any atom is 0.237 e. The predicted molar refractivity (Wildman–Crippen MR) is 83.1 cm³/mol. The first-order valence-electron chi connectivity index (χ1n) is 6.75. The predicted octanol–water partition coefficient (Wildman–Crippen LogP) is 3.54. The third-order valence-electron chi connectivity index (χ3n) is 2.75. The second-order valence-electron chi connectivity index (χ2n) is 4.41. The Labute approximate surface area is 129 Å². The Morgan fingerprint density at radius 2 is 2.19 bits per heavy atom. The van der Waals surface area contributed by atoms with Gasteiger partial charge in [-0.2, -0.15) is 4.98 Å². The number of nitrogens with one attached hydrogen (secondary N) is 1. The Bertz CT molecular complexity index is 593. The Hall–Kier alpha value is -2.01. The number of halogens is 1. The summed E-state index contributed by atoms with van der Waals surface area (Å²) >= 11 is 6.05. The van der Waals surface area contributed by atoms with Gasteiger partial charge in [-0.3, -0.25) is 0 Å². The Balaban J connectivity index is 2.04. The number of aromatic nitrogens is 2. The molecule has 0 radical (unpaired) electrons. The molecule has 1 heterocycles. The molecule has 1 N–H and O–H groups in total. The Morgan fingerprint density at radius 3 is 2.95 bits per heavy atom. The standard InChI is InChI=1S/C15H18ClN3O2/c1-3-7-17-15-18-9-13(16)14(19-15)21-10-11-5-4-6-12(8-11)20-2/h4-6,8-9H,3,7,10H2,1-2H3,(H,17,18,19). The van der Waals surface area contributed by atoms with Crippen LogP contribution >= 0.6 is 11.6 Å². The lowest BCUT2D eigenvalue weighted by Crippen LogP contribution is -2.06. The maximum atomic E-state index is 6.05. The van der Waals surface area contributed by atoms with Gasteiger partial charge < -0.3 is 14.8 Å². The highest BCUT2D eigenvalue weighted by Gasteiger charge is 2.07. The van der Waals surface area contributed by atoms with Crippen LogP contribution in [0.5, 0.6) is 11.6 Å². The monoisotopic (exact) mass is 307 g/mol. The number of anilines is 1. The van der Waals surface area contributed by atoms with Gasteiger partial charge in [0.15, 0.2) is 0 Å². The summed E-state index contributed by atoms with van der Waals surface area (Å²) in [5, 5.41) is 3.49. The molecule has 1 aromatic carbocycles. The van der Waals surface area contributed by atoms with Crippen molar-refractivity contribution in [2.75, 3.05) is 19.0 Å². The summed E-state index contributed by atoms with van der Waals surface area (Å²) in [6.45, 7) is 3.24. The van der Waals surface area contributed by atoms with Crippen molar-refractivity contribution in [1.29, 1.82) is 0 Å². The fourth-order valence-electron chi connectivity index (χ4n) is 1.69. The van der Waals surface area contributed by atoms with E-state index in [1.54, 1.807) is 7.11 Å². The molecule has 2 rings (SSSR count). The Morgan fingerprint density at radius 1 is 1.33 bits per heavy atom. The molecule has 6 heteroatoms. The summed E-state index contributed by atoms with van der Waals surface area (Å²) < 4.78 is 10.8. The second kappa shape index (κ2) is 7.69. The average Bonchev–Trinajstić information content (AvgIpc) is 2.53. The summed E-state index contributed by atoms with van der Waals surface area (Å²) in [5.74, 6) is 1.67. The van der Waals surface area contributed by atoms with E-state index < -0.39 is 0 Å². The molecular formula is C15H18ClN3O2. The lowest BCUT2D eigenvalue weighted by Gasteiger charge is -2.10. The third-order valence-corrected chi connectivity index (χ3v) is 3.01. The highest BCUT2D eigenvalue weighted by Crippen LogP contribution is 2.23. The highest BCUT2D eigenvalue weighted by atomic mass is 35.5. The molecule has 1 aromatic heterocycles. The quantitative estimate of drug-likeness (QED) is 0.848. The Kier molecular flexibility index (Phi) is 5.63. The molecule has 5 nitrogen and oxygen atoms in total. The van der Waals surface area contributed by atoms with Gasteiger partial charge in [0.25, 0.3) is 0 Å². The zero-order valence-electron chi connectivity index (χ0n) is 12.1. The van der Waals surface area contributed by atoms with Gasteiger partial charge in [-0.1, -0.05) is 30.7 Å². The van der Waals surface area contributed by atoms with Gasteiger partial charge in [0, 0.05) is 6.54 Å². The molecule has 0 unspecified atom stereocenters. The number of methoxy groups -OCH3 is 1. The van der Waals surface area contributed by atoms with Crippen LogP contribution in [0.15, 0.2) is 30.5 Å². The van der Waals surface area contributed by atoms with Crippen molar-refractivity contribution in [2.24, 2.45) is 0 Å². The van der Waals surface area contributed by atoms with Crippen LogP contribution in [0.2, 0.25) is 5.02 Å². The van der Waals surface area contributed by atoms with E-state index in [4.69, 9.17) is 21.1 Å². The van der Waals surface area contributed by atoms with E-state index in [2.05, 4.69) is 22.2 Å². The van der Waals surface area contributed by atoms with Crippen molar-refractivity contribution < 1.29 is 9.47 Å². The summed E-state index contributed by atoms with van der Waals surface area (Å²) in [6.07, 6.45) is 2.53. The van der Waals surface area contributed by atoms with Crippen molar-refractivity contribution in [1.82, 2.24) is 9.97 Å².